The van der Waals surface area contributed by atoms with Crippen LogP contribution in [0.1, 0.15) is 19.3 Å². The number of nitrogens with two attached hydrogens (primary N) is 1. The van der Waals surface area contributed by atoms with Gasteiger partial charge in [-0.25, -0.2) is 0 Å². The van der Waals surface area contributed by atoms with Crippen molar-refractivity contribution in [3.8, 4) is 0 Å². The molecule has 14 heavy (non-hydrogen) atoms. The van der Waals surface area contributed by atoms with E-state index in [-0.39, 0.29) is 0 Å². The minimum Gasteiger partial charge on any atom is -0.480 e. The second-order valence-electron chi connectivity index (χ2n) is 2.97. The van der Waals surface area contributed by atoms with Gasteiger partial charge in [-0.1, -0.05) is 0 Å². The van der Waals surface area contributed by atoms with Gasteiger partial charge < -0.3 is 20.7 Å². The van der Waals surface area contributed by atoms with Crippen LogP contribution in [0.5, 0.6) is 0 Å². The third-order valence-electron chi connectivity index (χ3n) is 2.03. The molecule has 1 aliphatic heterocycles. The molecule has 1 fully saturated rings. The summed E-state index contributed by atoms with van der Waals surface area (Å²) >= 11 is 4.16. The lowest BCUT2D eigenvalue weighted by molar-refractivity contribution is -0.145. The average molecular weight is 223 g/mol. The zero-order valence-electron chi connectivity index (χ0n) is 8.14. The predicted molar refractivity (Wildman–Crippen MR) is 55.3 cm³/mol. The Morgan fingerprint density at radius 1 is 1.57 bits per heavy atom. The molecule has 0 aromatic carbocycles. The number of carboxylic acid groups (broad SMARTS) is 1. The minimum atomic E-state index is -1.06. The van der Waals surface area contributed by atoms with Crippen LogP contribution < -0.4 is 5.73 Å². The first-order valence-corrected chi connectivity index (χ1v) is 4.80. The fourth-order valence-electron chi connectivity index (χ4n) is 1.24. The predicted octanol–water partition coefficient (Wildman–Crippen LogP) is -0.167. The van der Waals surface area contributed by atoms with Crippen LogP contribution in [-0.2, 0) is 9.53 Å². The normalized spacial score (nSPS) is 28.6. The average Bonchev–Trinajstić information content (AvgIpc) is 2.21. The van der Waals surface area contributed by atoms with E-state index in [2.05, 4.69) is 12.6 Å². The molecule has 0 aromatic rings. The molecule has 6 heteroatoms. The first-order valence-electron chi connectivity index (χ1n) is 4.36. The molecule has 0 aromatic heterocycles. The number of hydrogen-bond donors (Lipinski definition) is 4. The fraction of sp³-hybridized carbons (Fsp3) is 0.875. The molecule has 0 bridgehead atoms. The highest BCUT2D eigenvalue weighted by molar-refractivity contribution is 7.81. The maximum absolute atomic E-state index is 10.5. The second kappa shape index (κ2) is 6.23. The van der Waals surface area contributed by atoms with E-state index in [1.54, 1.807) is 0 Å². The monoisotopic (exact) mass is 223 g/mol. The standard InChI is InChI=1S/C7H13NO3S.CH4O/c8-5(6(9)10)7(12)3-1-2-4-11-7;1-2/h5,12H,1-4,8H2,(H,9,10);2H,1H3. The Kier molecular flexibility index (Phi) is 6.10. The number of aliphatic carboxylic acids is 1. The molecule has 0 spiro atoms. The van der Waals surface area contributed by atoms with Gasteiger partial charge in [-0.05, 0) is 19.3 Å². The maximum Gasteiger partial charge on any atom is 0.324 e. The Hall–Kier alpha value is -0.300. The molecule has 1 heterocycles. The summed E-state index contributed by atoms with van der Waals surface area (Å²) in [5.74, 6) is -1.06. The summed E-state index contributed by atoms with van der Waals surface area (Å²) in [6, 6.07) is -1.04. The first kappa shape index (κ1) is 13.7. The highest BCUT2D eigenvalue weighted by atomic mass is 32.1. The van der Waals surface area contributed by atoms with E-state index in [1.807, 2.05) is 0 Å². The highest BCUT2D eigenvalue weighted by Gasteiger charge is 2.39. The SMILES string of the molecule is CO.NC(C(=O)O)C1(S)CCCCO1. The Balaban J connectivity index is 0.000000791. The van der Waals surface area contributed by atoms with Gasteiger partial charge in [-0.2, -0.15) is 0 Å². The van der Waals surface area contributed by atoms with Gasteiger partial charge in [0.05, 0.1) is 0 Å². The summed E-state index contributed by atoms with van der Waals surface area (Å²) in [4.78, 5) is 9.58. The highest BCUT2D eigenvalue weighted by Crippen LogP contribution is 2.31. The van der Waals surface area contributed by atoms with Crippen LogP contribution in [0.3, 0.4) is 0 Å². The number of carbonyl (C=O) groups is 1. The summed E-state index contributed by atoms with van der Waals surface area (Å²) in [5, 5.41) is 15.6. The van der Waals surface area contributed by atoms with E-state index in [0.717, 1.165) is 20.0 Å². The third kappa shape index (κ3) is 3.45. The molecule has 1 saturated heterocycles. The summed E-state index contributed by atoms with van der Waals surface area (Å²) in [6.07, 6.45) is 2.47. The van der Waals surface area contributed by atoms with Crippen molar-refractivity contribution in [3.05, 3.63) is 0 Å². The van der Waals surface area contributed by atoms with Crippen LogP contribution in [-0.4, -0.2) is 40.9 Å². The Morgan fingerprint density at radius 2 is 2.14 bits per heavy atom. The molecule has 84 valence electrons. The van der Waals surface area contributed by atoms with Crippen LogP contribution in [0.4, 0.5) is 0 Å². The van der Waals surface area contributed by atoms with E-state index in [4.69, 9.17) is 20.7 Å². The molecule has 2 atom stereocenters. The van der Waals surface area contributed by atoms with Gasteiger partial charge in [0.1, 0.15) is 11.0 Å². The largest absolute Gasteiger partial charge is 0.480 e. The second-order valence-corrected chi connectivity index (χ2v) is 3.72. The molecule has 1 aliphatic rings. The van der Waals surface area contributed by atoms with Crippen molar-refractivity contribution in [3.63, 3.8) is 0 Å². The van der Waals surface area contributed by atoms with E-state index < -0.39 is 16.9 Å². The summed E-state index contributed by atoms with van der Waals surface area (Å²) in [7, 11) is 1.00. The fourth-order valence-corrected chi connectivity index (χ4v) is 1.60. The molecular formula is C8H17NO4S. The van der Waals surface area contributed by atoms with Gasteiger partial charge in [-0.15, -0.1) is 12.6 Å². The molecule has 4 N–H and O–H groups in total. The van der Waals surface area contributed by atoms with Gasteiger partial charge in [0.2, 0.25) is 0 Å². The van der Waals surface area contributed by atoms with E-state index in [9.17, 15) is 4.79 Å². The number of ether oxygens (including phenoxy) is 1. The lowest BCUT2D eigenvalue weighted by Gasteiger charge is -2.35. The molecule has 5 nitrogen and oxygen atoms in total. The Labute approximate surface area is 88.7 Å². The van der Waals surface area contributed by atoms with Crippen molar-refractivity contribution in [1.82, 2.24) is 0 Å². The topological polar surface area (TPSA) is 92.8 Å². The van der Waals surface area contributed by atoms with E-state index >= 15 is 0 Å². The smallest absolute Gasteiger partial charge is 0.324 e. The summed E-state index contributed by atoms with van der Waals surface area (Å²) in [6.45, 7) is 0.546. The zero-order chi connectivity index (χ0) is 11.2. The molecule has 0 amide bonds. The molecular weight excluding hydrogens is 206 g/mol. The van der Waals surface area contributed by atoms with Crippen molar-refractivity contribution in [2.24, 2.45) is 5.73 Å². The molecule has 1 rings (SSSR count). The van der Waals surface area contributed by atoms with Crippen molar-refractivity contribution in [2.75, 3.05) is 13.7 Å². The number of thiol groups is 1. The summed E-state index contributed by atoms with van der Waals surface area (Å²) in [5.41, 5.74) is 5.42. The zero-order valence-corrected chi connectivity index (χ0v) is 9.04. The van der Waals surface area contributed by atoms with Gasteiger partial charge in [-0.3, -0.25) is 4.79 Å². The number of rotatable bonds is 2. The van der Waals surface area contributed by atoms with Crippen molar-refractivity contribution in [1.29, 1.82) is 0 Å². The van der Waals surface area contributed by atoms with Crippen molar-refractivity contribution < 1.29 is 19.7 Å². The third-order valence-corrected chi connectivity index (χ3v) is 2.66. The van der Waals surface area contributed by atoms with E-state index in [1.165, 1.54) is 0 Å². The first-order chi connectivity index (χ1) is 6.56. The quantitative estimate of drug-likeness (QED) is 0.488. The number of aliphatic hydroxyl groups is 1. The van der Waals surface area contributed by atoms with E-state index in [0.29, 0.717) is 13.0 Å². The number of carboxylic acids is 1. The van der Waals surface area contributed by atoms with Crippen LogP contribution in [0.25, 0.3) is 0 Å². The van der Waals surface area contributed by atoms with Crippen molar-refractivity contribution in [2.45, 2.75) is 30.2 Å². The molecule has 0 radical (unpaired) electrons. The Bertz CT molecular complexity index is 182. The van der Waals surface area contributed by atoms with Gasteiger partial charge >= 0.3 is 5.97 Å². The van der Waals surface area contributed by atoms with Gasteiger partial charge in [0.15, 0.2) is 0 Å². The van der Waals surface area contributed by atoms with Gasteiger partial charge in [0.25, 0.3) is 0 Å². The Morgan fingerprint density at radius 3 is 2.50 bits per heavy atom. The van der Waals surface area contributed by atoms with Crippen LogP contribution in [0, 0.1) is 0 Å². The lowest BCUT2D eigenvalue weighted by Crippen LogP contribution is -2.52. The molecule has 2 unspecified atom stereocenters. The minimum absolute atomic E-state index is 0.546. The maximum atomic E-state index is 10.5. The number of hydrogen-bond acceptors (Lipinski definition) is 5. The number of aliphatic hydroxyl groups excluding tert-OH is 1. The summed E-state index contributed by atoms with van der Waals surface area (Å²) < 4.78 is 5.25. The van der Waals surface area contributed by atoms with Crippen LogP contribution in [0.15, 0.2) is 0 Å². The van der Waals surface area contributed by atoms with Crippen molar-refractivity contribution >= 4 is 18.6 Å². The van der Waals surface area contributed by atoms with Crippen LogP contribution in [0.2, 0.25) is 0 Å². The van der Waals surface area contributed by atoms with Crippen LogP contribution >= 0.6 is 12.6 Å². The lowest BCUT2D eigenvalue weighted by atomic mass is 10.0. The van der Waals surface area contributed by atoms with Gasteiger partial charge in [0, 0.05) is 13.7 Å². The molecule has 0 saturated carbocycles. The molecule has 0 aliphatic carbocycles.